The zero-order valence-corrected chi connectivity index (χ0v) is 25.0. The summed E-state index contributed by atoms with van der Waals surface area (Å²) in [4.78, 5) is 28.6. The maximum Gasteiger partial charge on any atom is 0.335 e. The molecule has 4 aromatic rings. The Bertz CT molecular complexity index is 1810. The minimum Gasteiger partial charge on any atom is -0.478 e. The van der Waals surface area contributed by atoms with Gasteiger partial charge in [-0.25, -0.2) is 13.9 Å². The largest absolute Gasteiger partial charge is 0.478 e. The number of ether oxygens (including phenoxy) is 1. The number of carboxylic acid groups (broad SMARTS) is 1. The monoisotopic (exact) mass is 622 g/mol. The highest BCUT2D eigenvalue weighted by molar-refractivity contribution is 6.31. The first-order chi connectivity index (χ1) is 20.6. The van der Waals surface area contributed by atoms with Crippen molar-refractivity contribution in [2.75, 3.05) is 18.5 Å². The van der Waals surface area contributed by atoms with Crippen LogP contribution in [0.3, 0.4) is 0 Å². The smallest absolute Gasteiger partial charge is 0.335 e. The van der Waals surface area contributed by atoms with Crippen LogP contribution in [0.5, 0.6) is 5.88 Å². The summed E-state index contributed by atoms with van der Waals surface area (Å²) in [5, 5.41) is 18.7. The number of aromatic nitrogens is 2. The number of hydrogen-bond acceptors (Lipinski definition) is 5. The van der Waals surface area contributed by atoms with Gasteiger partial charge >= 0.3 is 5.97 Å². The molecule has 11 heteroatoms. The SMILES string of the molecule is Cc1cc2nn3c(c2cc1C(=O)O)OC[C@H]1[C@@H]3[C@H](c2cccc(Cl)c2F)[C@](C)(C(=O)Nc2cccc(Cl)c2)N1CC1CC1. The predicted molar refractivity (Wildman–Crippen MR) is 162 cm³/mol. The summed E-state index contributed by atoms with van der Waals surface area (Å²) in [6.07, 6.45) is 2.09. The van der Waals surface area contributed by atoms with Gasteiger partial charge in [0, 0.05) is 23.2 Å². The van der Waals surface area contributed by atoms with Crippen LogP contribution in [-0.2, 0) is 4.79 Å². The van der Waals surface area contributed by atoms with E-state index in [0.29, 0.717) is 51.1 Å². The van der Waals surface area contributed by atoms with Crippen LogP contribution in [0.1, 0.15) is 53.2 Å². The average molecular weight is 624 g/mol. The second-order valence-electron chi connectivity index (χ2n) is 11.9. The maximum absolute atomic E-state index is 16.1. The first-order valence-corrected chi connectivity index (χ1v) is 15.0. The number of nitrogens with zero attached hydrogens (tertiary/aromatic N) is 3. The van der Waals surface area contributed by atoms with E-state index in [1.807, 2.05) is 6.92 Å². The molecule has 3 heterocycles. The van der Waals surface area contributed by atoms with Crippen molar-refractivity contribution in [1.29, 1.82) is 0 Å². The van der Waals surface area contributed by atoms with Gasteiger partial charge in [-0.05, 0) is 80.1 Å². The molecular formula is C32H29Cl2FN4O4. The highest BCUT2D eigenvalue weighted by Crippen LogP contribution is 2.57. The summed E-state index contributed by atoms with van der Waals surface area (Å²) in [6, 6.07) is 14.2. The number of nitrogens with one attached hydrogen (secondary N) is 1. The Morgan fingerprint density at radius 1 is 1.16 bits per heavy atom. The summed E-state index contributed by atoms with van der Waals surface area (Å²) in [5.41, 5.74) is 0.866. The van der Waals surface area contributed by atoms with E-state index >= 15 is 4.39 Å². The minimum absolute atomic E-state index is 0.0353. The van der Waals surface area contributed by atoms with Gasteiger partial charge in [-0.15, -0.1) is 0 Å². The number of halogens is 3. The van der Waals surface area contributed by atoms with Crippen LogP contribution in [-0.4, -0.2) is 56.4 Å². The van der Waals surface area contributed by atoms with Crippen LogP contribution in [0.15, 0.2) is 54.6 Å². The zero-order chi connectivity index (χ0) is 30.2. The van der Waals surface area contributed by atoms with Gasteiger partial charge in [0.2, 0.25) is 11.8 Å². The van der Waals surface area contributed by atoms with Gasteiger partial charge in [0.1, 0.15) is 18.0 Å². The van der Waals surface area contributed by atoms with Crippen molar-refractivity contribution >= 4 is 51.7 Å². The van der Waals surface area contributed by atoms with Crippen molar-refractivity contribution in [1.82, 2.24) is 14.7 Å². The molecule has 3 aliphatic rings. The van der Waals surface area contributed by atoms with E-state index in [4.69, 9.17) is 33.0 Å². The van der Waals surface area contributed by atoms with Crippen molar-refractivity contribution in [3.8, 4) is 5.88 Å². The molecule has 0 bridgehead atoms. The number of carbonyl (C=O) groups is 2. The summed E-state index contributed by atoms with van der Waals surface area (Å²) in [5.74, 6) is -1.87. The van der Waals surface area contributed by atoms with Crippen LogP contribution in [0, 0.1) is 18.7 Å². The third-order valence-corrected chi connectivity index (χ3v) is 9.78. The van der Waals surface area contributed by atoms with Gasteiger partial charge in [0.05, 0.1) is 33.6 Å². The molecule has 3 aromatic carbocycles. The molecule has 2 aliphatic heterocycles. The van der Waals surface area contributed by atoms with Gasteiger partial charge in [-0.2, -0.15) is 5.10 Å². The van der Waals surface area contributed by atoms with Crippen LogP contribution in [0.2, 0.25) is 10.0 Å². The molecule has 1 aliphatic carbocycles. The van der Waals surface area contributed by atoms with E-state index in [-0.39, 0.29) is 29.1 Å². The van der Waals surface area contributed by atoms with Crippen molar-refractivity contribution in [2.45, 2.75) is 50.2 Å². The highest BCUT2D eigenvalue weighted by atomic mass is 35.5. The van der Waals surface area contributed by atoms with Gasteiger partial charge in [0.15, 0.2) is 0 Å². The number of carbonyl (C=O) groups excluding carboxylic acids is 1. The Balaban J connectivity index is 1.44. The molecule has 0 unspecified atom stereocenters. The highest BCUT2D eigenvalue weighted by Gasteiger charge is 2.64. The molecule has 8 nitrogen and oxygen atoms in total. The zero-order valence-electron chi connectivity index (χ0n) is 23.5. The molecule has 4 atom stereocenters. The Morgan fingerprint density at radius 3 is 2.65 bits per heavy atom. The number of anilines is 1. The minimum atomic E-state index is -1.25. The molecule has 2 fully saturated rings. The predicted octanol–water partition coefficient (Wildman–Crippen LogP) is 6.70. The lowest BCUT2D eigenvalue weighted by atomic mass is 9.77. The number of aromatic carboxylic acids is 1. The molecule has 2 N–H and O–H groups in total. The molecule has 222 valence electrons. The lowest BCUT2D eigenvalue weighted by Gasteiger charge is -2.39. The lowest BCUT2D eigenvalue weighted by molar-refractivity contribution is -0.127. The molecule has 43 heavy (non-hydrogen) atoms. The Labute approximate surface area is 257 Å². The standard InChI is InChI=1S/C32H29Cl2FN4O4/c1-16-11-24-22(13-21(16)30(40)41)29-39(37-24)28-25(15-43-29)38(14-17-9-10-17)32(2,26(28)20-7-4-8-23(34)27(20)35)31(42)36-19-6-3-5-18(33)12-19/h3-8,11-13,17,25-26,28H,9-10,14-15H2,1-2H3,(H,36,42)(H,40,41)/t25-,26-,28+,32+/m0/s1. The maximum atomic E-state index is 16.1. The molecule has 1 aromatic heterocycles. The second-order valence-corrected chi connectivity index (χ2v) is 12.8. The number of benzene rings is 3. The van der Waals surface area contributed by atoms with Crippen molar-refractivity contribution in [3.63, 3.8) is 0 Å². The van der Waals surface area contributed by atoms with Crippen molar-refractivity contribution < 1.29 is 23.8 Å². The van der Waals surface area contributed by atoms with Gasteiger partial charge in [-0.1, -0.05) is 41.4 Å². The fraction of sp³-hybridized carbons (Fsp3) is 0.344. The second kappa shape index (κ2) is 10.2. The first-order valence-electron chi connectivity index (χ1n) is 14.2. The van der Waals surface area contributed by atoms with E-state index in [1.54, 1.807) is 60.1 Å². The summed E-state index contributed by atoms with van der Waals surface area (Å²) >= 11 is 12.6. The number of likely N-dealkylation sites (tertiary alicyclic amines) is 1. The number of hydrogen-bond donors (Lipinski definition) is 2. The van der Waals surface area contributed by atoms with Crippen molar-refractivity contribution in [2.24, 2.45) is 5.92 Å². The number of rotatable bonds is 6. The molecule has 1 amide bonds. The van der Waals surface area contributed by atoms with Crippen LogP contribution in [0.4, 0.5) is 10.1 Å². The fourth-order valence-electron chi connectivity index (χ4n) is 6.97. The summed E-state index contributed by atoms with van der Waals surface area (Å²) in [6.45, 7) is 4.42. The summed E-state index contributed by atoms with van der Waals surface area (Å²) < 4.78 is 24.1. The Morgan fingerprint density at radius 2 is 1.93 bits per heavy atom. The van der Waals surface area contributed by atoms with Crippen LogP contribution in [0.25, 0.3) is 10.9 Å². The third kappa shape index (κ3) is 4.48. The molecule has 0 spiro atoms. The number of amides is 1. The van der Waals surface area contributed by atoms with E-state index in [1.165, 1.54) is 6.07 Å². The topological polar surface area (TPSA) is 96.7 Å². The molecule has 1 saturated heterocycles. The van der Waals surface area contributed by atoms with E-state index in [2.05, 4.69) is 10.2 Å². The average Bonchev–Trinajstić information content (AvgIpc) is 3.66. The molecule has 0 radical (unpaired) electrons. The van der Waals surface area contributed by atoms with Crippen LogP contribution >= 0.6 is 23.2 Å². The Kier molecular flexibility index (Phi) is 6.68. The summed E-state index contributed by atoms with van der Waals surface area (Å²) in [7, 11) is 0. The van der Waals surface area contributed by atoms with Gasteiger partial charge < -0.3 is 15.2 Å². The normalized spacial score (nSPS) is 24.8. The van der Waals surface area contributed by atoms with E-state index in [9.17, 15) is 14.7 Å². The Hall–Kier alpha value is -3.66. The number of fused-ring (bicyclic) bond motifs is 5. The number of carboxylic acids is 1. The van der Waals surface area contributed by atoms with E-state index in [0.717, 1.165) is 12.8 Å². The van der Waals surface area contributed by atoms with Crippen LogP contribution < -0.4 is 10.1 Å². The van der Waals surface area contributed by atoms with Gasteiger partial charge in [-0.3, -0.25) is 9.69 Å². The van der Waals surface area contributed by atoms with Gasteiger partial charge in [0.25, 0.3) is 0 Å². The third-order valence-electron chi connectivity index (χ3n) is 9.25. The molecule has 1 saturated carbocycles. The number of aryl methyl sites for hydroxylation is 1. The lowest BCUT2D eigenvalue weighted by Crippen LogP contribution is -2.57. The quantitative estimate of drug-likeness (QED) is 0.248. The molecular weight excluding hydrogens is 594 g/mol. The van der Waals surface area contributed by atoms with Crippen molar-refractivity contribution in [3.05, 3.63) is 87.2 Å². The fourth-order valence-corrected chi connectivity index (χ4v) is 7.35. The first kappa shape index (κ1) is 28.1. The molecule has 7 rings (SSSR count). The van der Waals surface area contributed by atoms with E-state index < -0.39 is 29.3 Å².